The lowest BCUT2D eigenvalue weighted by molar-refractivity contribution is 0.00635. The highest BCUT2D eigenvalue weighted by atomic mass is 16.5. The van der Waals surface area contributed by atoms with Crippen molar-refractivity contribution in [1.29, 1.82) is 0 Å². The molecule has 4 heterocycles. The van der Waals surface area contributed by atoms with Gasteiger partial charge in [0, 0.05) is 56.5 Å². The highest BCUT2D eigenvalue weighted by Gasteiger charge is 2.33. The van der Waals surface area contributed by atoms with Crippen molar-refractivity contribution in [2.24, 2.45) is 7.05 Å². The van der Waals surface area contributed by atoms with E-state index < -0.39 is 0 Å². The maximum Gasteiger partial charge on any atom is 0.329 e. The van der Waals surface area contributed by atoms with E-state index in [-0.39, 0.29) is 17.8 Å². The summed E-state index contributed by atoms with van der Waals surface area (Å²) in [6.07, 6.45) is 7.99. The number of fused-ring (bicyclic) bond motifs is 3. The van der Waals surface area contributed by atoms with Gasteiger partial charge in [0.2, 0.25) is 0 Å². The molecule has 8 heteroatoms. The summed E-state index contributed by atoms with van der Waals surface area (Å²) in [5.41, 5.74) is 4.85. The van der Waals surface area contributed by atoms with Crippen LogP contribution in [-0.2, 0) is 11.8 Å². The molecular formula is C27H32N6O2. The van der Waals surface area contributed by atoms with Gasteiger partial charge in [0.1, 0.15) is 5.82 Å². The number of aromatic nitrogens is 4. The molecule has 0 spiro atoms. The van der Waals surface area contributed by atoms with Crippen molar-refractivity contribution < 1.29 is 4.74 Å². The summed E-state index contributed by atoms with van der Waals surface area (Å²) < 4.78 is 9.14. The van der Waals surface area contributed by atoms with Gasteiger partial charge in [0.05, 0.1) is 28.9 Å². The Morgan fingerprint density at radius 3 is 2.49 bits per heavy atom. The third-order valence-corrected chi connectivity index (χ3v) is 7.99. The average molecular weight is 473 g/mol. The Morgan fingerprint density at radius 2 is 1.80 bits per heavy atom. The Kier molecular flexibility index (Phi) is 5.57. The standard InChI is InChI=1S/C27H32N6O2/c1-28-19-8-10-32(11-9-19)25-7-5-18(15-30-25)17-4-6-23-22(12-17)26-24(16-29-23)31(2)27(34)33(26)20-13-21(14-20)35-3/h4-7,12,15-16,19-21,28H,8-11,13-14H2,1-3H3. The summed E-state index contributed by atoms with van der Waals surface area (Å²) >= 11 is 0. The Balaban J connectivity index is 1.37. The van der Waals surface area contributed by atoms with E-state index in [2.05, 4.69) is 39.5 Å². The first kappa shape index (κ1) is 22.2. The molecule has 6 rings (SSSR count). The van der Waals surface area contributed by atoms with Crippen LogP contribution in [0.2, 0.25) is 0 Å². The highest BCUT2D eigenvalue weighted by molar-refractivity contribution is 6.04. The molecule has 0 unspecified atom stereocenters. The van der Waals surface area contributed by atoms with Gasteiger partial charge in [-0.2, -0.15) is 0 Å². The summed E-state index contributed by atoms with van der Waals surface area (Å²) in [5.74, 6) is 1.03. The number of imidazole rings is 1. The second kappa shape index (κ2) is 8.77. The van der Waals surface area contributed by atoms with E-state index in [1.807, 2.05) is 37.1 Å². The molecule has 1 saturated carbocycles. The number of methoxy groups -OCH3 is 1. The van der Waals surface area contributed by atoms with Crippen LogP contribution in [-0.4, -0.2) is 58.5 Å². The van der Waals surface area contributed by atoms with Gasteiger partial charge in [-0.15, -0.1) is 0 Å². The second-order valence-corrected chi connectivity index (χ2v) is 9.87. The lowest BCUT2D eigenvalue weighted by atomic mass is 9.89. The van der Waals surface area contributed by atoms with Crippen LogP contribution in [0, 0.1) is 0 Å². The number of hydrogen-bond donors (Lipinski definition) is 1. The molecule has 0 radical (unpaired) electrons. The first-order valence-electron chi connectivity index (χ1n) is 12.5. The number of nitrogens with one attached hydrogen (secondary N) is 1. The van der Waals surface area contributed by atoms with Gasteiger partial charge >= 0.3 is 5.69 Å². The molecule has 0 amide bonds. The maximum absolute atomic E-state index is 13.2. The molecule has 3 aromatic heterocycles. The number of aryl methyl sites for hydroxylation is 1. The number of ether oxygens (including phenoxy) is 1. The van der Waals surface area contributed by atoms with E-state index >= 15 is 0 Å². The molecule has 1 saturated heterocycles. The van der Waals surface area contributed by atoms with Gasteiger partial charge in [-0.1, -0.05) is 6.07 Å². The Morgan fingerprint density at radius 1 is 1.03 bits per heavy atom. The van der Waals surface area contributed by atoms with Crippen molar-refractivity contribution in [1.82, 2.24) is 24.4 Å². The summed E-state index contributed by atoms with van der Waals surface area (Å²) in [4.78, 5) is 25.0. The molecule has 1 aliphatic heterocycles. The lowest BCUT2D eigenvalue weighted by Crippen LogP contribution is -2.41. The van der Waals surface area contributed by atoms with Crippen LogP contribution in [0.3, 0.4) is 0 Å². The quantitative estimate of drug-likeness (QED) is 0.479. The summed E-state index contributed by atoms with van der Waals surface area (Å²) in [5, 5.41) is 4.38. The molecule has 2 fully saturated rings. The van der Waals surface area contributed by atoms with Gasteiger partial charge in [-0.3, -0.25) is 14.1 Å². The molecule has 1 N–H and O–H groups in total. The Labute approximate surface area is 204 Å². The van der Waals surface area contributed by atoms with Gasteiger partial charge in [0.15, 0.2) is 0 Å². The monoisotopic (exact) mass is 472 g/mol. The second-order valence-electron chi connectivity index (χ2n) is 9.87. The lowest BCUT2D eigenvalue weighted by Gasteiger charge is -2.34. The first-order valence-corrected chi connectivity index (χ1v) is 12.5. The topological polar surface area (TPSA) is 77.2 Å². The van der Waals surface area contributed by atoms with Crippen LogP contribution in [0.15, 0.2) is 47.5 Å². The van der Waals surface area contributed by atoms with Crippen LogP contribution in [0.5, 0.6) is 0 Å². The molecule has 4 aromatic rings. The number of pyridine rings is 2. The summed E-state index contributed by atoms with van der Waals surface area (Å²) in [6, 6.07) is 11.3. The van der Waals surface area contributed by atoms with Crippen molar-refractivity contribution >= 4 is 27.8 Å². The Bertz CT molecular complexity index is 1430. The molecule has 0 atom stereocenters. The van der Waals surface area contributed by atoms with E-state index in [1.165, 1.54) is 0 Å². The number of benzene rings is 1. The molecule has 1 aliphatic carbocycles. The van der Waals surface area contributed by atoms with E-state index in [0.29, 0.717) is 6.04 Å². The van der Waals surface area contributed by atoms with Crippen molar-refractivity contribution in [3.05, 3.63) is 53.2 Å². The predicted molar refractivity (Wildman–Crippen MR) is 139 cm³/mol. The number of piperidine rings is 1. The van der Waals surface area contributed by atoms with Crippen LogP contribution in [0.25, 0.3) is 33.1 Å². The van der Waals surface area contributed by atoms with Crippen molar-refractivity contribution in [2.75, 3.05) is 32.1 Å². The van der Waals surface area contributed by atoms with Gasteiger partial charge in [0.25, 0.3) is 0 Å². The zero-order valence-electron chi connectivity index (χ0n) is 20.6. The largest absolute Gasteiger partial charge is 0.381 e. The van der Waals surface area contributed by atoms with Crippen molar-refractivity contribution in [3.8, 4) is 11.1 Å². The molecule has 0 bridgehead atoms. The van der Waals surface area contributed by atoms with Crippen molar-refractivity contribution in [2.45, 2.75) is 43.9 Å². The minimum absolute atomic E-state index is 0.00678. The van der Waals surface area contributed by atoms with Gasteiger partial charge < -0.3 is 15.0 Å². The number of hydrogen-bond acceptors (Lipinski definition) is 6. The minimum Gasteiger partial charge on any atom is -0.381 e. The zero-order chi connectivity index (χ0) is 24.1. The number of nitrogens with zero attached hydrogens (tertiary/aromatic N) is 5. The fourth-order valence-corrected chi connectivity index (χ4v) is 5.63. The maximum atomic E-state index is 13.2. The molecule has 35 heavy (non-hydrogen) atoms. The number of anilines is 1. The zero-order valence-corrected chi connectivity index (χ0v) is 20.6. The molecule has 1 aromatic carbocycles. The van der Waals surface area contributed by atoms with E-state index in [4.69, 9.17) is 9.72 Å². The van der Waals surface area contributed by atoms with Crippen molar-refractivity contribution in [3.63, 3.8) is 0 Å². The predicted octanol–water partition coefficient (Wildman–Crippen LogP) is 3.49. The average Bonchev–Trinajstić information content (AvgIpc) is 3.13. The number of rotatable bonds is 5. The first-order chi connectivity index (χ1) is 17.1. The van der Waals surface area contributed by atoms with E-state index in [0.717, 1.165) is 77.7 Å². The fraction of sp³-hybridized carbons (Fsp3) is 0.444. The third-order valence-electron chi connectivity index (χ3n) is 7.99. The van der Waals surface area contributed by atoms with Crippen LogP contribution in [0.1, 0.15) is 31.7 Å². The smallest absolute Gasteiger partial charge is 0.329 e. The van der Waals surface area contributed by atoms with Crippen LogP contribution >= 0.6 is 0 Å². The van der Waals surface area contributed by atoms with E-state index in [9.17, 15) is 4.79 Å². The SMILES string of the molecule is CNC1CCN(c2ccc(-c3ccc4ncc5c(c4c3)n(C3CC(OC)C3)c(=O)n5C)cn2)CC1. The summed E-state index contributed by atoms with van der Waals surface area (Å²) in [6.45, 7) is 2.04. The minimum atomic E-state index is 0.00678. The van der Waals surface area contributed by atoms with E-state index in [1.54, 1.807) is 11.7 Å². The summed E-state index contributed by atoms with van der Waals surface area (Å²) in [7, 11) is 5.60. The van der Waals surface area contributed by atoms with Crippen LogP contribution in [0.4, 0.5) is 5.82 Å². The third kappa shape index (κ3) is 3.72. The highest BCUT2D eigenvalue weighted by Crippen LogP contribution is 2.37. The fourth-order valence-electron chi connectivity index (χ4n) is 5.63. The molecular weight excluding hydrogens is 440 g/mol. The molecule has 8 nitrogen and oxygen atoms in total. The molecule has 182 valence electrons. The Hall–Kier alpha value is -3.23. The van der Waals surface area contributed by atoms with Crippen LogP contribution < -0.4 is 15.9 Å². The van der Waals surface area contributed by atoms with Gasteiger partial charge in [-0.05, 0) is 62.6 Å². The molecule has 2 aliphatic rings. The normalized spacial score (nSPS) is 21.1. The van der Waals surface area contributed by atoms with Gasteiger partial charge in [-0.25, -0.2) is 9.78 Å².